The van der Waals surface area contributed by atoms with E-state index in [9.17, 15) is 5.11 Å². The molecular formula is C12H24N2O. The molecule has 1 saturated carbocycles. The maximum Gasteiger partial charge on any atom is 0.0773 e. The number of hydrogen-bond donors (Lipinski definition) is 3. The molecule has 3 heteroatoms. The summed E-state index contributed by atoms with van der Waals surface area (Å²) in [5.74, 6) is 0. The van der Waals surface area contributed by atoms with E-state index < -0.39 is 0 Å². The van der Waals surface area contributed by atoms with Crippen LogP contribution in [0.25, 0.3) is 0 Å². The van der Waals surface area contributed by atoms with Crippen molar-refractivity contribution < 1.29 is 5.11 Å². The first-order valence-corrected chi connectivity index (χ1v) is 6.45. The third-order valence-corrected chi connectivity index (χ3v) is 3.61. The molecule has 3 nitrogen and oxygen atoms in total. The molecule has 0 spiro atoms. The number of hydrogen-bond acceptors (Lipinski definition) is 3. The number of nitrogens with one attached hydrogen (secondary N) is 2. The fourth-order valence-corrected chi connectivity index (χ4v) is 2.24. The highest BCUT2D eigenvalue weighted by Crippen LogP contribution is 2.34. The summed E-state index contributed by atoms with van der Waals surface area (Å²) in [6, 6.07) is 0.634. The Labute approximate surface area is 92.6 Å². The van der Waals surface area contributed by atoms with Crippen molar-refractivity contribution in [3.05, 3.63) is 0 Å². The monoisotopic (exact) mass is 212 g/mol. The average Bonchev–Trinajstić information content (AvgIpc) is 2.93. The van der Waals surface area contributed by atoms with E-state index in [4.69, 9.17) is 0 Å². The third kappa shape index (κ3) is 4.09. The number of rotatable bonds is 3. The van der Waals surface area contributed by atoms with E-state index in [1.54, 1.807) is 0 Å². The Balaban J connectivity index is 1.68. The van der Waals surface area contributed by atoms with Crippen LogP contribution in [0.4, 0.5) is 0 Å². The maximum atomic E-state index is 9.77. The van der Waals surface area contributed by atoms with Gasteiger partial charge in [0.05, 0.1) is 5.60 Å². The lowest BCUT2D eigenvalue weighted by molar-refractivity contribution is 0.142. The van der Waals surface area contributed by atoms with Gasteiger partial charge in [-0.05, 0) is 51.6 Å². The summed E-state index contributed by atoms with van der Waals surface area (Å²) in [6.07, 6.45) is 8.38. The van der Waals surface area contributed by atoms with E-state index >= 15 is 0 Å². The topological polar surface area (TPSA) is 44.3 Å². The third-order valence-electron chi connectivity index (χ3n) is 3.61. The van der Waals surface area contributed by atoms with Gasteiger partial charge in [0.2, 0.25) is 0 Å². The fraction of sp³-hybridized carbons (Fsp3) is 1.00. The van der Waals surface area contributed by atoms with Gasteiger partial charge in [-0.25, -0.2) is 0 Å². The van der Waals surface area contributed by atoms with Gasteiger partial charge in [-0.2, -0.15) is 0 Å². The van der Waals surface area contributed by atoms with Gasteiger partial charge in [-0.15, -0.1) is 0 Å². The molecule has 1 atom stereocenters. The predicted octanol–water partition coefficient (Wildman–Crippen LogP) is 1.02. The van der Waals surface area contributed by atoms with Crippen molar-refractivity contribution >= 4 is 0 Å². The van der Waals surface area contributed by atoms with Gasteiger partial charge in [-0.1, -0.05) is 6.42 Å². The molecule has 1 aliphatic carbocycles. The molecule has 2 aliphatic rings. The van der Waals surface area contributed by atoms with Crippen molar-refractivity contribution in [2.75, 3.05) is 19.6 Å². The molecule has 0 aromatic heterocycles. The molecule has 1 heterocycles. The lowest BCUT2D eigenvalue weighted by Crippen LogP contribution is -2.36. The van der Waals surface area contributed by atoms with Crippen molar-refractivity contribution in [2.45, 2.75) is 56.6 Å². The van der Waals surface area contributed by atoms with Crippen LogP contribution in [0.3, 0.4) is 0 Å². The SMILES string of the molecule is OC1(CNC2CCCCNCCC2)CC1. The van der Waals surface area contributed by atoms with Gasteiger partial charge in [0.1, 0.15) is 0 Å². The van der Waals surface area contributed by atoms with Gasteiger partial charge >= 0.3 is 0 Å². The molecule has 1 saturated heterocycles. The zero-order valence-electron chi connectivity index (χ0n) is 9.60. The standard InChI is InChI=1S/C12H24N2O/c15-12(6-7-12)10-14-11-4-1-2-8-13-9-3-5-11/h11,13-15H,1-10H2. The van der Waals surface area contributed by atoms with Crippen LogP contribution in [0.2, 0.25) is 0 Å². The Morgan fingerprint density at radius 2 is 1.87 bits per heavy atom. The minimum absolute atomic E-state index is 0.337. The summed E-state index contributed by atoms with van der Waals surface area (Å²) in [4.78, 5) is 0. The van der Waals surface area contributed by atoms with Crippen molar-refractivity contribution in [2.24, 2.45) is 0 Å². The maximum absolute atomic E-state index is 9.77. The summed E-state index contributed by atoms with van der Waals surface area (Å²) in [6.45, 7) is 3.14. The zero-order valence-corrected chi connectivity index (χ0v) is 9.60. The molecule has 15 heavy (non-hydrogen) atoms. The highest BCUT2D eigenvalue weighted by Gasteiger charge is 2.40. The predicted molar refractivity (Wildman–Crippen MR) is 61.9 cm³/mol. The van der Waals surface area contributed by atoms with Crippen LogP contribution in [-0.2, 0) is 0 Å². The van der Waals surface area contributed by atoms with Crippen molar-refractivity contribution in [1.29, 1.82) is 0 Å². The van der Waals surface area contributed by atoms with Gasteiger partial charge in [0, 0.05) is 12.6 Å². The second-order valence-corrected chi connectivity index (χ2v) is 5.19. The first kappa shape index (κ1) is 11.4. The second kappa shape index (κ2) is 5.28. The lowest BCUT2D eigenvalue weighted by Gasteiger charge is -2.19. The molecule has 1 aliphatic heterocycles. The second-order valence-electron chi connectivity index (χ2n) is 5.19. The smallest absolute Gasteiger partial charge is 0.0773 e. The largest absolute Gasteiger partial charge is 0.389 e. The first-order valence-electron chi connectivity index (χ1n) is 6.45. The van der Waals surface area contributed by atoms with Crippen LogP contribution in [0, 0.1) is 0 Å². The van der Waals surface area contributed by atoms with Crippen LogP contribution in [-0.4, -0.2) is 36.4 Å². The van der Waals surface area contributed by atoms with E-state index in [1.807, 2.05) is 0 Å². The Hall–Kier alpha value is -0.120. The van der Waals surface area contributed by atoms with Crippen LogP contribution in [0.15, 0.2) is 0 Å². The molecule has 0 amide bonds. The van der Waals surface area contributed by atoms with E-state index in [0.717, 1.165) is 25.9 Å². The molecule has 1 unspecified atom stereocenters. The van der Waals surface area contributed by atoms with Gasteiger partial charge < -0.3 is 15.7 Å². The van der Waals surface area contributed by atoms with E-state index in [0.29, 0.717) is 6.04 Å². The quantitative estimate of drug-likeness (QED) is 0.654. The summed E-state index contributed by atoms with van der Waals surface area (Å²) < 4.78 is 0. The molecular weight excluding hydrogens is 188 g/mol. The molecule has 0 aromatic rings. The molecule has 2 fully saturated rings. The first-order chi connectivity index (χ1) is 7.29. The van der Waals surface area contributed by atoms with Gasteiger partial charge in [-0.3, -0.25) is 0 Å². The molecule has 0 bridgehead atoms. The molecule has 0 aromatic carbocycles. The van der Waals surface area contributed by atoms with Gasteiger partial charge in [0.15, 0.2) is 0 Å². The minimum atomic E-state index is -0.337. The summed E-state index contributed by atoms with van der Waals surface area (Å²) in [5, 5.41) is 16.8. The molecule has 2 rings (SSSR count). The summed E-state index contributed by atoms with van der Waals surface area (Å²) in [5.41, 5.74) is -0.337. The summed E-state index contributed by atoms with van der Waals surface area (Å²) >= 11 is 0. The summed E-state index contributed by atoms with van der Waals surface area (Å²) in [7, 11) is 0. The highest BCUT2D eigenvalue weighted by molar-refractivity contribution is 4.95. The van der Waals surface area contributed by atoms with E-state index in [1.165, 1.54) is 38.6 Å². The Morgan fingerprint density at radius 3 is 2.67 bits per heavy atom. The molecule has 88 valence electrons. The van der Waals surface area contributed by atoms with Gasteiger partial charge in [0.25, 0.3) is 0 Å². The zero-order chi connectivity index (χ0) is 10.6. The van der Waals surface area contributed by atoms with Crippen LogP contribution < -0.4 is 10.6 Å². The average molecular weight is 212 g/mol. The van der Waals surface area contributed by atoms with E-state index in [-0.39, 0.29) is 5.60 Å². The Kier molecular flexibility index (Phi) is 4.00. The van der Waals surface area contributed by atoms with Crippen molar-refractivity contribution in [1.82, 2.24) is 10.6 Å². The number of aliphatic hydroxyl groups is 1. The fourth-order valence-electron chi connectivity index (χ4n) is 2.24. The Morgan fingerprint density at radius 1 is 1.13 bits per heavy atom. The van der Waals surface area contributed by atoms with Crippen LogP contribution >= 0.6 is 0 Å². The Bertz CT molecular complexity index is 182. The highest BCUT2D eigenvalue weighted by atomic mass is 16.3. The van der Waals surface area contributed by atoms with Crippen molar-refractivity contribution in [3.8, 4) is 0 Å². The molecule has 3 N–H and O–H groups in total. The van der Waals surface area contributed by atoms with Crippen LogP contribution in [0.5, 0.6) is 0 Å². The van der Waals surface area contributed by atoms with Crippen molar-refractivity contribution in [3.63, 3.8) is 0 Å². The normalized spacial score (nSPS) is 31.4. The lowest BCUT2D eigenvalue weighted by atomic mass is 10.0. The van der Waals surface area contributed by atoms with Crippen LogP contribution in [0.1, 0.15) is 44.9 Å². The minimum Gasteiger partial charge on any atom is -0.389 e. The molecule has 0 radical (unpaired) electrons. The van der Waals surface area contributed by atoms with E-state index in [2.05, 4.69) is 10.6 Å².